The summed E-state index contributed by atoms with van der Waals surface area (Å²) in [4.78, 5) is 0. The number of alkyl halides is 3. The predicted molar refractivity (Wildman–Crippen MR) is 64.5 cm³/mol. The van der Waals surface area contributed by atoms with Crippen LogP contribution in [0.1, 0.15) is 50.6 Å². The number of hydrogen-bond acceptors (Lipinski definition) is 2. The number of aliphatic hydroxyl groups excluding tert-OH is 1. The highest BCUT2D eigenvalue weighted by Crippen LogP contribution is 2.36. The molecule has 0 spiro atoms. The summed E-state index contributed by atoms with van der Waals surface area (Å²) < 4.78 is 38.9. The Morgan fingerprint density at radius 1 is 1.42 bits per heavy atom. The lowest BCUT2D eigenvalue weighted by molar-refractivity contribution is -0.137. The van der Waals surface area contributed by atoms with Crippen LogP contribution in [-0.4, -0.2) is 21.0 Å². The molecule has 0 bridgehead atoms. The first-order valence-corrected chi connectivity index (χ1v) is 6.71. The monoisotopic (exact) mass is 276 g/mol. The largest absolute Gasteiger partial charge is 0.419 e. The molecule has 1 aliphatic carbocycles. The van der Waals surface area contributed by atoms with E-state index in [4.69, 9.17) is 0 Å². The number of hydrogen-bond donors (Lipinski definition) is 1. The molecule has 1 aromatic rings. The third-order valence-electron chi connectivity index (χ3n) is 3.86. The normalized spacial score (nSPS) is 28.6. The van der Waals surface area contributed by atoms with Gasteiger partial charge >= 0.3 is 6.18 Å². The summed E-state index contributed by atoms with van der Waals surface area (Å²) in [5.74, 6) is 0.469. The lowest BCUT2D eigenvalue weighted by atomic mass is 9.81. The summed E-state index contributed by atoms with van der Waals surface area (Å²) >= 11 is 0. The van der Waals surface area contributed by atoms with Crippen molar-refractivity contribution in [3.63, 3.8) is 0 Å². The third kappa shape index (κ3) is 3.29. The molecule has 3 nitrogen and oxygen atoms in total. The maximum Gasteiger partial charge on any atom is 0.419 e. The van der Waals surface area contributed by atoms with Crippen LogP contribution in [-0.2, 0) is 6.18 Å². The molecule has 108 valence electrons. The van der Waals surface area contributed by atoms with Crippen molar-refractivity contribution < 1.29 is 18.3 Å². The lowest BCUT2D eigenvalue weighted by Gasteiger charge is -2.33. The molecule has 19 heavy (non-hydrogen) atoms. The van der Waals surface area contributed by atoms with Gasteiger partial charge in [-0.2, -0.15) is 18.3 Å². The van der Waals surface area contributed by atoms with Crippen LogP contribution < -0.4 is 0 Å². The van der Waals surface area contributed by atoms with Gasteiger partial charge in [-0.3, -0.25) is 4.68 Å². The van der Waals surface area contributed by atoms with Gasteiger partial charge < -0.3 is 5.11 Å². The van der Waals surface area contributed by atoms with Gasteiger partial charge in [-0.1, -0.05) is 19.8 Å². The fraction of sp³-hybridized carbons (Fsp3) is 0.769. The van der Waals surface area contributed by atoms with Crippen LogP contribution in [0.25, 0.3) is 0 Å². The minimum Gasteiger partial charge on any atom is -0.391 e. The Hall–Kier alpha value is -1.04. The zero-order valence-electron chi connectivity index (χ0n) is 10.9. The first-order valence-electron chi connectivity index (χ1n) is 6.71. The summed E-state index contributed by atoms with van der Waals surface area (Å²) in [7, 11) is 0. The van der Waals surface area contributed by atoms with Gasteiger partial charge in [0, 0.05) is 6.20 Å². The van der Waals surface area contributed by atoms with Gasteiger partial charge in [0.15, 0.2) is 0 Å². The topological polar surface area (TPSA) is 38.0 Å². The summed E-state index contributed by atoms with van der Waals surface area (Å²) in [6, 6.07) is -0.332. The van der Waals surface area contributed by atoms with E-state index in [1.54, 1.807) is 0 Å². The SMILES string of the molecule is CCCC1CCC(O)C(n2cc(C(F)(F)F)cn2)C1. The van der Waals surface area contributed by atoms with Crippen LogP contribution in [0, 0.1) is 5.92 Å². The van der Waals surface area contributed by atoms with E-state index in [1.807, 2.05) is 0 Å². The van der Waals surface area contributed by atoms with Gasteiger partial charge in [0.1, 0.15) is 0 Å². The van der Waals surface area contributed by atoms with Crippen molar-refractivity contribution in [3.05, 3.63) is 18.0 Å². The maximum absolute atomic E-state index is 12.5. The zero-order valence-corrected chi connectivity index (χ0v) is 10.9. The molecule has 1 heterocycles. The van der Waals surface area contributed by atoms with Crippen LogP contribution in [0.15, 0.2) is 12.4 Å². The Bertz CT molecular complexity index is 416. The molecule has 1 fully saturated rings. The molecule has 0 aromatic carbocycles. The molecule has 1 aliphatic rings. The van der Waals surface area contributed by atoms with Crippen LogP contribution in [0.4, 0.5) is 13.2 Å². The first-order chi connectivity index (χ1) is 8.91. The molecule has 0 saturated heterocycles. The maximum atomic E-state index is 12.5. The van der Waals surface area contributed by atoms with Crippen molar-refractivity contribution >= 4 is 0 Å². The average molecular weight is 276 g/mol. The number of aromatic nitrogens is 2. The highest BCUT2D eigenvalue weighted by atomic mass is 19.4. The van der Waals surface area contributed by atoms with Gasteiger partial charge in [0.25, 0.3) is 0 Å². The Labute approximate surface area is 110 Å². The molecule has 0 aliphatic heterocycles. The molecule has 1 N–H and O–H groups in total. The second-order valence-electron chi connectivity index (χ2n) is 5.31. The summed E-state index contributed by atoms with van der Waals surface area (Å²) in [5, 5.41) is 13.8. The number of aliphatic hydroxyl groups is 1. The molecule has 6 heteroatoms. The Balaban J connectivity index is 2.12. The van der Waals surface area contributed by atoms with Gasteiger partial charge in [-0.15, -0.1) is 0 Å². The minimum absolute atomic E-state index is 0.332. The molecule has 3 atom stereocenters. The van der Waals surface area contributed by atoms with E-state index in [0.29, 0.717) is 18.8 Å². The fourth-order valence-electron chi connectivity index (χ4n) is 2.84. The zero-order chi connectivity index (χ0) is 14.0. The first kappa shape index (κ1) is 14.4. The highest BCUT2D eigenvalue weighted by Gasteiger charge is 2.35. The van der Waals surface area contributed by atoms with E-state index in [-0.39, 0.29) is 6.04 Å². The van der Waals surface area contributed by atoms with Gasteiger partial charge in [-0.25, -0.2) is 0 Å². The quantitative estimate of drug-likeness (QED) is 0.918. The second-order valence-corrected chi connectivity index (χ2v) is 5.31. The summed E-state index contributed by atoms with van der Waals surface area (Å²) in [6.45, 7) is 2.09. The smallest absolute Gasteiger partial charge is 0.391 e. The molecule has 0 radical (unpaired) electrons. The van der Waals surface area contributed by atoms with Gasteiger partial charge in [0.2, 0.25) is 0 Å². The van der Waals surface area contributed by atoms with E-state index in [1.165, 1.54) is 4.68 Å². The summed E-state index contributed by atoms with van der Waals surface area (Å²) in [6.07, 6.45) is 1.24. The van der Waals surface area contributed by atoms with Crippen molar-refractivity contribution in [1.82, 2.24) is 9.78 Å². The Kier molecular flexibility index (Phi) is 4.18. The van der Waals surface area contributed by atoms with Crippen LogP contribution in [0.3, 0.4) is 0 Å². The van der Waals surface area contributed by atoms with Gasteiger partial charge in [-0.05, 0) is 25.2 Å². The van der Waals surface area contributed by atoms with E-state index < -0.39 is 17.8 Å². The van der Waals surface area contributed by atoms with E-state index >= 15 is 0 Å². The molecule has 1 saturated carbocycles. The van der Waals surface area contributed by atoms with Crippen LogP contribution in [0.5, 0.6) is 0 Å². The number of halogens is 3. The second kappa shape index (κ2) is 5.53. The van der Waals surface area contributed by atoms with E-state index in [2.05, 4.69) is 12.0 Å². The van der Waals surface area contributed by atoms with Crippen molar-refractivity contribution in [1.29, 1.82) is 0 Å². The lowest BCUT2D eigenvalue weighted by Crippen LogP contribution is -2.31. The van der Waals surface area contributed by atoms with Crippen molar-refractivity contribution in [3.8, 4) is 0 Å². The molecule has 3 unspecified atom stereocenters. The minimum atomic E-state index is -4.37. The van der Waals surface area contributed by atoms with Crippen molar-refractivity contribution in [2.24, 2.45) is 5.92 Å². The number of nitrogens with zero attached hydrogens (tertiary/aromatic N) is 2. The standard InChI is InChI=1S/C13H19F3N2O/c1-2-3-9-4-5-12(19)11(6-9)18-8-10(7-17-18)13(14,15)16/h7-9,11-12,19H,2-6H2,1H3. The molecular formula is C13H19F3N2O. The molecule has 1 aromatic heterocycles. The Morgan fingerprint density at radius 3 is 2.74 bits per heavy atom. The summed E-state index contributed by atoms with van der Waals surface area (Å²) in [5.41, 5.74) is -0.752. The molecule has 0 amide bonds. The van der Waals surface area contributed by atoms with Gasteiger partial charge in [0.05, 0.1) is 23.9 Å². The van der Waals surface area contributed by atoms with E-state index in [9.17, 15) is 18.3 Å². The van der Waals surface area contributed by atoms with Crippen LogP contribution >= 0.6 is 0 Å². The third-order valence-corrected chi connectivity index (χ3v) is 3.86. The Morgan fingerprint density at radius 2 is 2.16 bits per heavy atom. The fourth-order valence-corrected chi connectivity index (χ4v) is 2.84. The average Bonchev–Trinajstić information content (AvgIpc) is 2.81. The van der Waals surface area contributed by atoms with Crippen LogP contribution in [0.2, 0.25) is 0 Å². The predicted octanol–water partition coefficient (Wildman–Crippen LogP) is 3.40. The van der Waals surface area contributed by atoms with Crippen molar-refractivity contribution in [2.75, 3.05) is 0 Å². The van der Waals surface area contributed by atoms with Crippen molar-refractivity contribution in [2.45, 2.75) is 57.3 Å². The number of rotatable bonds is 3. The highest BCUT2D eigenvalue weighted by molar-refractivity contribution is 5.09. The molecular weight excluding hydrogens is 257 g/mol. The van der Waals surface area contributed by atoms with E-state index in [0.717, 1.165) is 31.7 Å². The molecule has 2 rings (SSSR count).